The van der Waals surface area contributed by atoms with Crippen molar-refractivity contribution in [2.24, 2.45) is 5.92 Å². The zero-order valence-corrected chi connectivity index (χ0v) is 16.3. The van der Waals surface area contributed by atoms with Crippen molar-refractivity contribution in [1.29, 1.82) is 0 Å². The van der Waals surface area contributed by atoms with Crippen LogP contribution in [0.2, 0.25) is 0 Å². The molecule has 1 saturated heterocycles. The summed E-state index contributed by atoms with van der Waals surface area (Å²) in [6.07, 6.45) is 3.68. The zero-order chi connectivity index (χ0) is 20.4. The van der Waals surface area contributed by atoms with Crippen molar-refractivity contribution in [1.82, 2.24) is 19.6 Å². The van der Waals surface area contributed by atoms with Crippen molar-refractivity contribution >= 4 is 17.3 Å². The molecule has 0 spiro atoms. The van der Waals surface area contributed by atoms with E-state index in [2.05, 4.69) is 17.2 Å². The number of nitrogens with zero attached hydrogens (tertiary/aromatic N) is 3. The van der Waals surface area contributed by atoms with Gasteiger partial charge in [-0.25, -0.2) is 9.37 Å². The zero-order valence-electron chi connectivity index (χ0n) is 16.3. The molecule has 29 heavy (non-hydrogen) atoms. The van der Waals surface area contributed by atoms with E-state index in [0.717, 1.165) is 18.4 Å². The van der Waals surface area contributed by atoms with E-state index in [9.17, 15) is 14.0 Å². The topological polar surface area (TPSA) is 66.7 Å². The number of benzene rings is 1. The highest BCUT2D eigenvalue weighted by atomic mass is 19.1. The third-order valence-corrected chi connectivity index (χ3v) is 5.39. The van der Waals surface area contributed by atoms with E-state index in [1.54, 1.807) is 34.9 Å². The van der Waals surface area contributed by atoms with E-state index >= 15 is 0 Å². The van der Waals surface area contributed by atoms with Crippen molar-refractivity contribution in [2.75, 3.05) is 13.1 Å². The maximum Gasteiger partial charge on any atom is 0.287 e. The van der Waals surface area contributed by atoms with Gasteiger partial charge in [-0.1, -0.05) is 25.1 Å². The molecule has 0 radical (unpaired) electrons. The summed E-state index contributed by atoms with van der Waals surface area (Å²) in [5.41, 5.74) is 1.69. The van der Waals surface area contributed by atoms with Gasteiger partial charge in [0, 0.05) is 25.8 Å². The maximum absolute atomic E-state index is 13.1. The lowest BCUT2D eigenvalue weighted by molar-refractivity contribution is 0.0694. The van der Waals surface area contributed by atoms with E-state index in [-0.39, 0.29) is 30.0 Å². The third-order valence-electron chi connectivity index (χ3n) is 5.39. The molecule has 4 rings (SSSR count). The molecule has 2 amide bonds. The lowest BCUT2D eigenvalue weighted by Gasteiger charge is -2.29. The molecular formula is C22H23FN4O2. The molecule has 0 unspecified atom stereocenters. The van der Waals surface area contributed by atoms with Gasteiger partial charge in [-0.05, 0) is 48.6 Å². The predicted octanol–water partition coefficient (Wildman–Crippen LogP) is 3.28. The Morgan fingerprint density at radius 3 is 2.59 bits per heavy atom. The molecule has 0 bridgehead atoms. The fourth-order valence-electron chi connectivity index (χ4n) is 3.58. The van der Waals surface area contributed by atoms with Crippen LogP contribution in [0.1, 0.15) is 46.4 Å². The van der Waals surface area contributed by atoms with Gasteiger partial charge in [0.25, 0.3) is 11.8 Å². The fourth-order valence-corrected chi connectivity index (χ4v) is 3.58. The van der Waals surface area contributed by atoms with Crippen LogP contribution in [0.25, 0.3) is 5.52 Å². The van der Waals surface area contributed by atoms with Crippen LogP contribution in [0.4, 0.5) is 4.39 Å². The number of carbonyl (C=O) groups excluding carboxylic acids is 2. The number of nitrogens with one attached hydrogen (secondary N) is 1. The lowest BCUT2D eigenvalue weighted by Crippen LogP contribution is -2.38. The van der Waals surface area contributed by atoms with E-state index in [1.165, 1.54) is 12.1 Å². The molecule has 1 N–H and O–H groups in total. The number of fused-ring (bicyclic) bond motifs is 1. The lowest BCUT2D eigenvalue weighted by atomic mass is 9.99. The maximum atomic E-state index is 13.1. The molecule has 0 aliphatic carbocycles. The molecule has 3 heterocycles. The SMILES string of the molecule is CC1CCN(C(=O)c2nc(C(=O)NCc3ccc(F)cc3)n3ccccc23)CC1. The van der Waals surface area contributed by atoms with Gasteiger partial charge in [-0.2, -0.15) is 0 Å². The van der Waals surface area contributed by atoms with Gasteiger partial charge < -0.3 is 10.2 Å². The number of pyridine rings is 1. The van der Waals surface area contributed by atoms with Crippen LogP contribution in [-0.2, 0) is 6.54 Å². The number of carbonyl (C=O) groups is 2. The molecule has 2 aromatic heterocycles. The van der Waals surface area contributed by atoms with Gasteiger partial charge in [0.15, 0.2) is 5.69 Å². The molecule has 1 aliphatic heterocycles. The largest absolute Gasteiger partial charge is 0.345 e. The number of likely N-dealkylation sites (tertiary alicyclic amines) is 1. The average Bonchev–Trinajstić information content (AvgIpc) is 3.13. The monoisotopic (exact) mass is 394 g/mol. The van der Waals surface area contributed by atoms with Gasteiger partial charge in [-0.15, -0.1) is 0 Å². The molecular weight excluding hydrogens is 371 g/mol. The number of hydrogen-bond donors (Lipinski definition) is 1. The first-order valence-corrected chi connectivity index (χ1v) is 9.82. The summed E-state index contributed by atoms with van der Waals surface area (Å²) < 4.78 is 14.7. The number of imidazole rings is 1. The minimum Gasteiger partial charge on any atom is -0.345 e. The molecule has 6 nitrogen and oxygen atoms in total. The summed E-state index contributed by atoms with van der Waals surface area (Å²) in [6.45, 7) is 3.85. The van der Waals surface area contributed by atoms with Gasteiger partial charge in [0.05, 0.1) is 5.52 Å². The van der Waals surface area contributed by atoms with Gasteiger partial charge in [0.2, 0.25) is 5.82 Å². The molecule has 1 aliphatic rings. The molecule has 1 aromatic carbocycles. The van der Waals surface area contributed by atoms with E-state index in [1.807, 2.05) is 11.0 Å². The smallest absolute Gasteiger partial charge is 0.287 e. The van der Waals surface area contributed by atoms with E-state index in [0.29, 0.717) is 30.2 Å². The van der Waals surface area contributed by atoms with Gasteiger partial charge in [-0.3, -0.25) is 14.0 Å². The second kappa shape index (κ2) is 8.03. The molecule has 3 aromatic rings. The first-order valence-electron chi connectivity index (χ1n) is 9.82. The van der Waals surface area contributed by atoms with Crippen LogP contribution in [0.3, 0.4) is 0 Å². The molecule has 0 saturated carbocycles. The Hall–Kier alpha value is -3.22. The summed E-state index contributed by atoms with van der Waals surface area (Å²) in [4.78, 5) is 32.0. The van der Waals surface area contributed by atoms with Crippen molar-refractivity contribution in [3.8, 4) is 0 Å². The number of piperidine rings is 1. The summed E-state index contributed by atoms with van der Waals surface area (Å²) in [6, 6.07) is 11.3. The number of aromatic nitrogens is 2. The standard InChI is InChI=1S/C22H23FN4O2/c1-15-9-12-26(13-10-15)22(29)19-18-4-2-3-11-27(18)20(25-19)21(28)24-14-16-5-7-17(23)8-6-16/h2-8,11,15H,9-10,12-14H2,1H3,(H,24,28). The second-order valence-corrected chi connectivity index (χ2v) is 7.52. The van der Waals surface area contributed by atoms with Crippen molar-refractivity contribution < 1.29 is 14.0 Å². The van der Waals surface area contributed by atoms with Crippen molar-refractivity contribution in [2.45, 2.75) is 26.3 Å². The Morgan fingerprint density at radius 2 is 1.86 bits per heavy atom. The van der Waals surface area contributed by atoms with Crippen LogP contribution < -0.4 is 5.32 Å². The second-order valence-electron chi connectivity index (χ2n) is 7.52. The van der Waals surface area contributed by atoms with Crippen molar-refractivity contribution in [3.05, 3.63) is 71.6 Å². The quantitative estimate of drug-likeness (QED) is 0.739. The molecule has 1 fully saturated rings. The minimum atomic E-state index is -0.387. The normalized spacial score (nSPS) is 14.9. The van der Waals surface area contributed by atoms with Crippen LogP contribution in [0.5, 0.6) is 0 Å². The Kier molecular flexibility index (Phi) is 5.29. The minimum absolute atomic E-state index is 0.141. The van der Waals surface area contributed by atoms with Crippen LogP contribution in [-0.4, -0.2) is 39.2 Å². The molecule has 150 valence electrons. The van der Waals surface area contributed by atoms with Crippen LogP contribution in [0.15, 0.2) is 48.7 Å². The summed E-state index contributed by atoms with van der Waals surface area (Å²) in [5, 5.41) is 2.79. The summed E-state index contributed by atoms with van der Waals surface area (Å²) in [5.74, 6) is -0.0726. The Morgan fingerprint density at radius 1 is 1.14 bits per heavy atom. The molecule has 7 heteroatoms. The van der Waals surface area contributed by atoms with E-state index < -0.39 is 0 Å². The first kappa shape index (κ1) is 19.1. The number of halogens is 1. The Bertz CT molecular complexity index is 1040. The highest BCUT2D eigenvalue weighted by Gasteiger charge is 2.27. The van der Waals surface area contributed by atoms with Crippen LogP contribution in [0, 0.1) is 11.7 Å². The van der Waals surface area contributed by atoms with E-state index in [4.69, 9.17) is 0 Å². The number of amides is 2. The Labute approximate surface area is 168 Å². The summed E-state index contributed by atoms with van der Waals surface area (Å²) in [7, 11) is 0. The van der Waals surface area contributed by atoms with Crippen LogP contribution >= 0.6 is 0 Å². The van der Waals surface area contributed by atoms with Crippen molar-refractivity contribution in [3.63, 3.8) is 0 Å². The predicted molar refractivity (Wildman–Crippen MR) is 107 cm³/mol. The number of hydrogen-bond acceptors (Lipinski definition) is 3. The Balaban J connectivity index is 1.57. The molecule has 0 atom stereocenters. The first-order chi connectivity index (χ1) is 14.0. The average molecular weight is 394 g/mol. The summed E-state index contributed by atoms with van der Waals surface area (Å²) >= 11 is 0. The highest BCUT2D eigenvalue weighted by Crippen LogP contribution is 2.21. The van der Waals surface area contributed by atoms with Gasteiger partial charge in [0.1, 0.15) is 5.82 Å². The number of rotatable bonds is 4. The highest BCUT2D eigenvalue weighted by molar-refractivity contribution is 6.02. The fraction of sp³-hybridized carbons (Fsp3) is 0.318. The van der Waals surface area contributed by atoms with Gasteiger partial charge >= 0.3 is 0 Å². The third kappa shape index (κ3) is 3.99.